The fourth-order valence-corrected chi connectivity index (χ4v) is 2.82. The monoisotopic (exact) mass is 260 g/mol. The van der Waals surface area contributed by atoms with Gasteiger partial charge in [-0.05, 0) is 48.0 Å². The first-order chi connectivity index (χ1) is 8.70. The first-order valence-electron chi connectivity index (χ1n) is 6.17. The average Bonchev–Trinajstić information content (AvgIpc) is 2.82. The van der Waals surface area contributed by atoms with Crippen LogP contribution in [-0.4, -0.2) is 14.1 Å². The van der Waals surface area contributed by atoms with E-state index in [2.05, 4.69) is 59.2 Å². The third kappa shape index (κ3) is 3.12. The van der Waals surface area contributed by atoms with Crippen LogP contribution >= 0.6 is 11.3 Å². The molecule has 0 saturated carbocycles. The lowest BCUT2D eigenvalue weighted by Crippen LogP contribution is -2.19. The maximum absolute atomic E-state index is 3.24. The highest BCUT2D eigenvalue weighted by molar-refractivity contribution is 7.07. The molecule has 1 aromatic carbocycles. The van der Waals surface area contributed by atoms with Crippen LogP contribution in [0.3, 0.4) is 0 Å². The summed E-state index contributed by atoms with van der Waals surface area (Å²) in [4.78, 5) is 2.31. The van der Waals surface area contributed by atoms with E-state index in [1.165, 1.54) is 22.4 Å². The summed E-state index contributed by atoms with van der Waals surface area (Å²) in [6.45, 7) is 4.01. The van der Waals surface area contributed by atoms with Gasteiger partial charge in [0.15, 0.2) is 0 Å². The maximum atomic E-state index is 3.24. The van der Waals surface area contributed by atoms with Crippen LogP contribution in [-0.2, 0) is 13.1 Å². The van der Waals surface area contributed by atoms with Crippen LogP contribution in [0.1, 0.15) is 16.7 Å². The van der Waals surface area contributed by atoms with Gasteiger partial charge in [-0.15, -0.1) is 0 Å². The Hall–Kier alpha value is -1.32. The van der Waals surface area contributed by atoms with Crippen molar-refractivity contribution in [1.82, 2.24) is 5.32 Å². The Labute approximate surface area is 113 Å². The number of hydrogen-bond donors (Lipinski definition) is 1. The van der Waals surface area contributed by atoms with E-state index in [1.807, 2.05) is 7.05 Å². The van der Waals surface area contributed by atoms with Gasteiger partial charge in [0.25, 0.3) is 0 Å². The Bertz CT molecular complexity index is 491. The Kier molecular flexibility index (Phi) is 4.39. The molecule has 0 aliphatic rings. The van der Waals surface area contributed by atoms with Crippen LogP contribution in [0.4, 0.5) is 5.69 Å². The van der Waals surface area contributed by atoms with Crippen molar-refractivity contribution in [2.45, 2.75) is 20.0 Å². The van der Waals surface area contributed by atoms with Crippen LogP contribution < -0.4 is 10.2 Å². The number of hydrogen-bond acceptors (Lipinski definition) is 3. The highest BCUT2D eigenvalue weighted by Crippen LogP contribution is 2.23. The zero-order chi connectivity index (χ0) is 13.0. The summed E-state index contributed by atoms with van der Waals surface area (Å²) in [6, 6.07) is 8.84. The second kappa shape index (κ2) is 6.03. The molecule has 0 fully saturated rings. The summed E-state index contributed by atoms with van der Waals surface area (Å²) in [5, 5.41) is 7.58. The van der Waals surface area contributed by atoms with Gasteiger partial charge in [0, 0.05) is 25.8 Å². The van der Waals surface area contributed by atoms with Crippen LogP contribution in [0.25, 0.3) is 0 Å². The SMILES string of the molecule is CNCc1cc(C)ccc1N(C)Cc1ccsc1. The largest absolute Gasteiger partial charge is 0.370 e. The van der Waals surface area contributed by atoms with Crippen molar-refractivity contribution < 1.29 is 0 Å². The summed E-state index contributed by atoms with van der Waals surface area (Å²) in [5.74, 6) is 0. The molecule has 1 heterocycles. The highest BCUT2D eigenvalue weighted by atomic mass is 32.1. The second-order valence-corrected chi connectivity index (χ2v) is 5.43. The molecule has 0 saturated heterocycles. The Morgan fingerprint density at radius 1 is 1.28 bits per heavy atom. The van der Waals surface area contributed by atoms with Crippen LogP contribution in [0, 0.1) is 6.92 Å². The number of benzene rings is 1. The molecular formula is C15H20N2S. The zero-order valence-electron chi connectivity index (χ0n) is 11.2. The van der Waals surface area contributed by atoms with E-state index in [9.17, 15) is 0 Å². The average molecular weight is 260 g/mol. The molecule has 0 atom stereocenters. The quantitative estimate of drug-likeness (QED) is 0.886. The van der Waals surface area contributed by atoms with Crippen molar-refractivity contribution in [2.24, 2.45) is 0 Å². The fourth-order valence-electron chi connectivity index (χ4n) is 2.16. The summed E-state index contributed by atoms with van der Waals surface area (Å²) in [6.07, 6.45) is 0. The molecule has 1 N–H and O–H groups in total. The number of rotatable bonds is 5. The van der Waals surface area contributed by atoms with Crippen molar-refractivity contribution in [3.8, 4) is 0 Å². The van der Waals surface area contributed by atoms with E-state index in [0.29, 0.717) is 0 Å². The third-order valence-electron chi connectivity index (χ3n) is 3.01. The molecule has 2 aromatic rings. The molecule has 0 aliphatic carbocycles. The number of aryl methyl sites for hydroxylation is 1. The van der Waals surface area contributed by atoms with E-state index in [0.717, 1.165) is 13.1 Å². The Morgan fingerprint density at radius 2 is 2.11 bits per heavy atom. The van der Waals surface area contributed by atoms with Gasteiger partial charge in [0.2, 0.25) is 0 Å². The molecule has 1 aromatic heterocycles. The molecular weight excluding hydrogens is 240 g/mol. The molecule has 0 aliphatic heterocycles. The predicted octanol–water partition coefficient (Wildman–Crippen LogP) is 3.41. The molecule has 0 amide bonds. The van der Waals surface area contributed by atoms with E-state index < -0.39 is 0 Å². The third-order valence-corrected chi connectivity index (χ3v) is 3.75. The van der Waals surface area contributed by atoms with Crippen LogP contribution in [0.5, 0.6) is 0 Å². The number of thiophene rings is 1. The minimum Gasteiger partial charge on any atom is -0.370 e. The van der Waals surface area contributed by atoms with Crippen molar-refractivity contribution in [1.29, 1.82) is 0 Å². The van der Waals surface area contributed by atoms with Crippen molar-refractivity contribution >= 4 is 17.0 Å². The molecule has 0 radical (unpaired) electrons. The van der Waals surface area contributed by atoms with Crippen LogP contribution in [0.15, 0.2) is 35.0 Å². The maximum Gasteiger partial charge on any atom is 0.0434 e. The van der Waals surface area contributed by atoms with E-state index >= 15 is 0 Å². The lowest BCUT2D eigenvalue weighted by molar-refractivity contribution is 0.805. The van der Waals surface area contributed by atoms with E-state index in [-0.39, 0.29) is 0 Å². The number of anilines is 1. The molecule has 0 unspecified atom stereocenters. The number of nitrogens with zero attached hydrogens (tertiary/aromatic N) is 1. The van der Waals surface area contributed by atoms with Crippen LogP contribution in [0.2, 0.25) is 0 Å². The normalized spacial score (nSPS) is 10.6. The van der Waals surface area contributed by atoms with E-state index in [4.69, 9.17) is 0 Å². The summed E-state index contributed by atoms with van der Waals surface area (Å²) in [7, 11) is 4.15. The van der Waals surface area contributed by atoms with Gasteiger partial charge >= 0.3 is 0 Å². The van der Waals surface area contributed by atoms with Crippen molar-refractivity contribution in [3.63, 3.8) is 0 Å². The van der Waals surface area contributed by atoms with Gasteiger partial charge in [-0.3, -0.25) is 0 Å². The molecule has 96 valence electrons. The molecule has 2 rings (SSSR count). The molecule has 0 spiro atoms. The van der Waals surface area contributed by atoms with Gasteiger partial charge < -0.3 is 10.2 Å². The van der Waals surface area contributed by atoms with Gasteiger partial charge in [-0.2, -0.15) is 11.3 Å². The first-order valence-corrected chi connectivity index (χ1v) is 7.11. The Balaban J connectivity index is 2.20. The smallest absolute Gasteiger partial charge is 0.0434 e. The minimum atomic E-state index is 0.908. The zero-order valence-corrected chi connectivity index (χ0v) is 12.1. The van der Waals surface area contributed by atoms with E-state index in [1.54, 1.807) is 11.3 Å². The molecule has 0 bridgehead atoms. The summed E-state index contributed by atoms with van der Waals surface area (Å²) < 4.78 is 0. The molecule has 3 heteroatoms. The second-order valence-electron chi connectivity index (χ2n) is 4.65. The summed E-state index contributed by atoms with van der Waals surface area (Å²) in [5.41, 5.74) is 5.35. The predicted molar refractivity (Wildman–Crippen MR) is 80.4 cm³/mol. The molecule has 18 heavy (non-hydrogen) atoms. The number of nitrogens with one attached hydrogen (secondary N) is 1. The van der Waals surface area contributed by atoms with Gasteiger partial charge in [-0.25, -0.2) is 0 Å². The first kappa shape index (κ1) is 13.1. The fraction of sp³-hybridized carbons (Fsp3) is 0.333. The van der Waals surface area contributed by atoms with Gasteiger partial charge in [0.05, 0.1) is 0 Å². The summed E-state index contributed by atoms with van der Waals surface area (Å²) >= 11 is 1.75. The lowest BCUT2D eigenvalue weighted by atomic mass is 10.1. The van der Waals surface area contributed by atoms with Gasteiger partial charge in [0.1, 0.15) is 0 Å². The standard InChI is InChI=1S/C15H20N2S/c1-12-4-5-15(14(8-12)9-16-2)17(3)10-13-6-7-18-11-13/h4-8,11,16H,9-10H2,1-3H3. The van der Waals surface area contributed by atoms with Gasteiger partial charge in [-0.1, -0.05) is 17.7 Å². The Morgan fingerprint density at radius 3 is 2.78 bits per heavy atom. The topological polar surface area (TPSA) is 15.3 Å². The molecule has 2 nitrogen and oxygen atoms in total. The van der Waals surface area contributed by atoms with Crippen molar-refractivity contribution in [3.05, 3.63) is 51.7 Å². The highest BCUT2D eigenvalue weighted by Gasteiger charge is 2.08. The lowest BCUT2D eigenvalue weighted by Gasteiger charge is -2.22. The minimum absolute atomic E-state index is 0.908. The van der Waals surface area contributed by atoms with Crippen molar-refractivity contribution in [2.75, 3.05) is 19.0 Å².